The van der Waals surface area contributed by atoms with Gasteiger partial charge in [0.25, 0.3) is 0 Å². The molecular weight excluding hydrogens is 430 g/mol. The molecule has 3 amide bonds. The van der Waals surface area contributed by atoms with Gasteiger partial charge >= 0.3 is 6.09 Å². The molecule has 180 valence electrons. The normalized spacial score (nSPS) is 13.7. The number of hydrogen-bond acceptors (Lipinski definition) is 6. The Morgan fingerprint density at radius 2 is 1.78 bits per heavy atom. The van der Waals surface area contributed by atoms with E-state index in [1.54, 1.807) is 0 Å². The fraction of sp³-hybridized carbons (Fsp3) is 0.591. The van der Waals surface area contributed by atoms with Gasteiger partial charge in [0.05, 0.1) is 12.5 Å². The van der Waals surface area contributed by atoms with Gasteiger partial charge in [-0.05, 0) is 30.1 Å². The highest BCUT2D eigenvalue weighted by molar-refractivity contribution is 6.74. The van der Waals surface area contributed by atoms with E-state index >= 15 is 0 Å². The third-order valence-corrected chi connectivity index (χ3v) is 10.0. The summed E-state index contributed by atoms with van der Waals surface area (Å²) in [6.45, 7) is 10.7. The predicted molar refractivity (Wildman–Crippen MR) is 124 cm³/mol. The van der Waals surface area contributed by atoms with Gasteiger partial charge in [0, 0.05) is 13.2 Å². The van der Waals surface area contributed by atoms with Crippen molar-refractivity contribution < 1.29 is 28.7 Å². The molecule has 1 aromatic rings. The molecule has 0 aliphatic carbocycles. The van der Waals surface area contributed by atoms with Crippen LogP contribution in [0.1, 0.15) is 39.2 Å². The molecule has 0 unspecified atom stereocenters. The Morgan fingerprint density at radius 1 is 1.16 bits per heavy atom. The molecule has 1 aromatic carbocycles. The smallest absolute Gasteiger partial charge is 0.407 e. The second-order valence-corrected chi connectivity index (χ2v) is 14.0. The van der Waals surface area contributed by atoms with E-state index in [0.29, 0.717) is 6.61 Å². The van der Waals surface area contributed by atoms with Gasteiger partial charge in [-0.1, -0.05) is 51.1 Å². The predicted octanol–water partition coefficient (Wildman–Crippen LogP) is 2.05. The number of nitrogens with one attached hydrogen (secondary N) is 2. The monoisotopic (exact) mass is 467 g/mol. The third-order valence-electron chi connectivity index (χ3n) is 5.47. The first-order valence-corrected chi connectivity index (χ1v) is 13.6. The lowest BCUT2D eigenvalue weighted by molar-refractivity contribution is -0.128. The first-order chi connectivity index (χ1) is 14.8. The number of hydrogen-bond donors (Lipinski definition) is 4. The Morgan fingerprint density at radius 3 is 2.34 bits per heavy atom. The molecule has 1 rings (SSSR count). The van der Waals surface area contributed by atoms with E-state index in [0.717, 1.165) is 5.56 Å². The molecule has 0 saturated heterocycles. The average Bonchev–Trinajstić information content (AvgIpc) is 2.69. The number of aliphatic hydroxyl groups excluding tert-OH is 1. The lowest BCUT2D eigenvalue weighted by atomic mass is 10.1. The zero-order chi connectivity index (χ0) is 24.4. The van der Waals surface area contributed by atoms with Crippen molar-refractivity contribution >= 4 is 26.2 Å². The number of rotatable bonds is 12. The van der Waals surface area contributed by atoms with Gasteiger partial charge < -0.3 is 30.6 Å². The van der Waals surface area contributed by atoms with Gasteiger partial charge in [-0.2, -0.15) is 0 Å². The number of carbonyl (C=O) groups excluding carboxylic acids is 3. The summed E-state index contributed by atoms with van der Waals surface area (Å²) in [4.78, 5) is 35.6. The molecule has 0 aromatic heterocycles. The summed E-state index contributed by atoms with van der Waals surface area (Å²) in [6, 6.07) is 8.26. The second-order valence-electron chi connectivity index (χ2n) is 9.22. The van der Waals surface area contributed by atoms with Gasteiger partial charge in [-0.15, -0.1) is 0 Å². The van der Waals surface area contributed by atoms with E-state index in [1.165, 1.54) is 0 Å². The minimum atomic E-state index is -1.98. The van der Waals surface area contributed by atoms with Crippen LogP contribution in [-0.4, -0.2) is 56.6 Å². The molecule has 9 nitrogen and oxygen atoms in total. The van der Waals surface area contributed by atoms with Crippen LogP contribution < -0.4 is 16.4 Å². The Labute approximate surface area is 191 Å². The summed E-state index contributed by atoms with van der Waals surface area (Å²) in [5.74, 6) is -1.22. The van der Waals surface area contributed by atoms with E-state index < -0.39 is 38.4 Å². The van der Waals surface area contributed by atoms with Crippen LogP contribution in [0.3, 0.4) is 0 Å². The number of amides is 3. The summed E-state index contributed by atoms with van der Waals surface area (Å²) in [5, 5.41) is 15.0. The summed E-state index contributed by atoms with van der Waals surface area (Å²) >= 11 is 0. The van der Waals surface area contributed by atoms with Gasteiger partial charge in [-0.25, -0.2) is 4.79 Å². The number of benzene rings is 1. The number of ether oxygens (including phenoxy) is 1. The molecule has 0 spiro atoms. The van der Waals surface area contributed by atoms with Gasteiger partial charge in [-0.3, -0.25) is 9.59 Å². The van der Waals surface area contributed by atoms with Crippen LogP contribution in [0, 0.1) is 0 Å². The molecule has 0 heterocycles. The van der Waals surface area contributed by atoms with Crippen molar-refractivity contribution in [2.75, 3.05) is 13.2 Å². The molecule has 0 aliphatic rings. The molecule has 0 radical (unpaired) electrons. The Kier molecular flexibility index (Phi) is 10.8. The van der Waals surface area contributed by atoms with Crippen molar-refractivity contribution in [3.8, 4) is 0 Å². The molecule has 0 fully saturated rings. The molecule has 10 heteroatoms. The lowest BCUT2D eigenvalue weighted by Gasteiger charge is -2.36. The summed E-state index contributed by atoms with van der Waals surface area (Å²) in [5.41, 5.74) is 6.23. The summed E-state index contributed by atoms with van der Waals surface area (Å²) in [7, 11) is -1.98. The fourth-order valence-corrected chi connectivity index (χ4v) is 3.51. The van der Waals surface area contributed by atoms with E-state index in [1.807, 2.05) is 30.3 Å². The number of carbonyl (C=O) groups is 3. The minimum Gasteiger partial charge on any atom is -0.445 e. The zero-order valence-electron chi connectivity index (χ0n) is 19.6. The van der Waals surface area contributed by atoms with Crippen molar-refractivity contribution in [3.05, 3.63) is 35.9 Å². The number of nitrogens with two attached hydrogens (primary N) is 1. The van der Waals surface area contributed by atoms with Crippen LogP contribution in [0.2, 0.25) is 18.1 Å². The standard InChI is InChI=1S/C22H37N3O6Si/c1-22(2,3)32(4,5)31-12-11-18(20(23)28)25-19(27)13-17(26)14-24-21(29)30-15-16-9-7-6-8-10-16/h6-10,17-18,26H,11-15H2,1-5H3,(H2,23,28)(H,24,29)(H,25,27)/t17-,18+/m1/s1. The maximum Gasteiger partial charge on any atom is 0.407 e. The van der Waals surface area contributed by atoms with Gasteiger partial charge in [0.2, 0.25) is 11.8 Å². The molecule has 2 atom stereocenters. The van der Waals surface area contributed by atoms with E-state index in [-0.39, 0.29) is 31.0 Å². The van der Waals surface area contributed by atoms with Crippen molar-refractivity contribution in [3.63, 3.8) is 0 Å². The van der Waals surface area contributed by atoms with Crippen LogP contribution in [-0.2, 0) is 25.4 Å². The quantitative estimate of drug-likeness (QED) is 0.347. The molecule has 0 aliphatic heterocycles. The largest absolute Gasteiger partial charge is 0.445 e. The van der Waals surface area contributed by atoms with E-state index in [4.69, 9.17) is 14.9 Å². The van der Waals surface area contributed by atoms with Crippen molar-refractivity contribution in [1.29, 1.82) is 0 Å². The van der Waals surface area contributed by atoms with Crippen molar-refractivity contribution in [2.24, 2.45) is 5.73 Å². The number of aliphatic hydroxyl groups is 1. The molecular formula is C22H37N3O6Si. The first-order valence-electron chi connectivity index (χ1n) is 10.7. The van der Waals surface area contributed by atoms with Crippen LogP contribution in [0.4, 0.5) is 4.79 Å². The minimum absolute atomic E-state index is 0.0256. The zero-order valence-corrected chi connectivity index (χ0v) is 20.6. The maximum atomic E-state index is 12.2. The van der Waals surface area contributed by atoms with Crippen LogP contribution in [0.25, 0.3) is 0 Å². The Balaban J connectivity index is 2.37. The molecule has 5 N–H and O–H groups in total. The van der Waals surface area contributed by atoms with Crippen LogP contribution in [0.5, 0.6) is 0 Å². The molecule has 0 saturated carbocycles. The summed E-state index contributed by atoms with van der Waals surface area (Å²) < 4.78 is 11.1. The van der Waals surface area contributed by atoms with Crippen molar-refractivity contribution in [2.45, 2.75) is 70.5 Å². The SMILES string of the molecule is CC(C)(C)[Si](C)(C)OCC[C@H](NC(=O)C[C@@H](O)CNC(=O)OCc1ccccc1)C(N)=O. The average molecular weight is 468 g/mol. The number of alkyl carbamates (subject to hydrolysis) is 1. The molecule has 32 heavy (non-hydrogen) atoms. The Bertz CT molecular complexity index is 752. The molecule has 0 bridgehead atoms. The maximum absolute atomic E-state index is 12.2. The topological polar surface area (TPSA) is 140 Å². The van der Waals surface area contributed by atoms with Gasteiger partial charge in [0.1, 0.15) is 12.6 Å². The van der Waals surface area contributed by atoms with E-state index in [2.05, 4.69) is 44.5 Å². The third kappa shape index (κ3) is 10.3. The van der Waals surface area contributed by atoms with Crippen LogP contribution in [0.15, 0.2) is 30.3 Å². The highest BCUT2D eigenvalue weighted by atomic mass is 28.4. The van der Waals surface area contributed by atoms with E-state index in [9.17, 15) is 19.5 Å². The highest BCUT2D eigenvalue weighted by Crippen LogP contribution is 2.36. The van der Waals surface area contributed by atoms with Crippen LogP contribution >= 0.6 is 0 Å². The van der Waals surface area contributed by atoms with Gasteiger partial charge in [0.15, 0.2) is 8.32 Å². The Hall–Kier alpha value is -2.43. The second kappa shape index (κ2) is 12.6. The number of primary amides is 1. The lowest BCUT2D eigenvalue weighted by Crippen LogP contribution is -2.48. The summed E-state index contributed by atoms with van der Waals surface area (Å²) in [6.07, 6.45) is -1.90. The first kappa shape index (κ1) is 27.6. The fourth-order valence-electron chi connectivity index (χ4n) is 2.45. The van der Waals surface area contributed by atoms with Crippen molar-refractivity contribution in [1.82, 2.24) is 10.6 Å². The highest BCUT2D eigenvalue weighted by Gasteiger charge is 2.37.